The Morgan fingerprint density at radius 2 is 1.72 bits per heavy atom. The minimum absolute atomic E-state index is 0.280. The van der Waals surface area contributed by atoms with E-state index in [-0.39, 0.29) is 5.02 Å². The number of nitrogens with zero attached hydrogens (tertiary/aromatic N) is 8. The van der Waals surface area contributed by atoms with Gasteiger partial charge in [0.25, 0.3) is 0 Å². The maximum absolute atomic E-state index is 12.6. The number of fused-ring (bicyclic) bond motifs is 1. The van der Waals surface area contributed by atoms with Gasteiger partial charge in [0, 0.05) is 76.1 Å². The number of aryl methyl sites for hydroxylation is 1. The van der Waals surface area contributed by atoms with Gasteiger partial charge in [-0.1, -0.05) is 18.5 Å². The summed E-state index contributed by atoms with van der Waals surface area (Å²) in [5, 5.41) is 6.82. The molecule has 2 saturated heterocycles. The second-order valence-electron chi connectivity index (χ2n) is 12.0. The van der Waals surface area contributed by atoms with Crippen molar-refractivity contribution >= 4 is 67.2 Å². The Labute approximate surface area is 275 Å². The fourth-order valence-corrected chi connectivity index (χ4v) is 6.95. The van der Waals surface area contributed by atoms with Gasteiger partial charge in [-0.05, 0) is 62.2 Å². The van der Waals surface area contributed by atoms with Crippen LogP contribution >= 0.6 is 11.6 Å². The largest absolute Gasteiger partial charge is 0.371 e. The van der Waals surface area contributed by atoms with Crippen LogP contribution in [0.3, 0.4) is 0 Å². The first-order valence-corrected chi connectivity index (χ1v) is 17.9. The van der Waals surface area contributed by atoms with Gasteiger partial charge in [-0.15, -0.1) is 0 Å². The summed E-state index contributed by atoms with van der Waals surface area (Å²) in [5.74, 6) is 0.675. The normalized spacial score (nSPS) is 16.9. The van der Waals surface area contributed by atoms with Crippen LogP contribution in [0.25, 0.3) is 11.0 Å². The van der Waals surface area contributed by atoms with Crippen molar-refractivity contribution < 1.29 is 8.42 Å². The van der Waals surface area contributed by atoms with E-state index in [2.05, 4.69) is 77.4 Å². The van der Waals surface area contributed by atoms with Crippen LogP contribution in [0, 0.1) is 0 Å². The molecule has 2 aromatic carbocycles. The fraction of sp³-hybridized carbons (Fsp3) is 0.438. The summed E-state index contributed by atoms with van der Waals surface area (Å²) in [7, 11) is 0.0745. The van der Waals surface area contributed by atoms with Crippen molar-refractivity contribution in [1.29, 1.82) is 0 Å². The van der Waals surface area contributed by atoms with Gasteiger partial charge in [-0.2, -0.15) is 4.98 Å². The molecule has 46 heavy (non-hydrogen) atoms. The Kier molecular flexibility index (Phi) is 9.46. The van der Waals surface area contributed by atoms with Gasteiger partial charge in [-0.25, -0.2) is 13.4 Å². The topological polar surface area (TPSA) is 123 Å². The molecule has 4 heterocycles. The highest BCUT2D eigenvalue weighted by Gasteiger charge is 2.27. The lowest BCUT2D eigenvalue weighted by atomic mass is 10.00. The Balaban J connectivity index is 1.19. The SMILES string of the molecule is CCc1cc(Nc2ncc(Cl)c(Nc3ccc4nccnc4c3N(C)S(C)(=O)=O)n2)ccc1N1CCC(N2CCN(C)CC2)CC1. The minimum Gasteiger partial charge on any atom is -0.371 e. The molecular formula is C32H41ClN10O2S. The second kappa shape index (κ2) is 13.5. The third-order valence-corrected chi connectivity index (χ3v) is 10.5. The molecular weight excluding hydrogens is 624 g/mol. The van der Waals surface area contributed by atoms with E-state index in [0.29, 0.717) is 40.2 Å². The molecule has 2 fully saturated rings. The summed E-state index contributed by atoms with van der Waals surface area (Å²) >= 11 is 6.52. The van der Waals surface area contributed by atoms with Crippen LogP contribution in [0.4, 0.5) is 34.5 Å². The number of piperidine rings is 1. The molecule has 14 heteroatoms. The van der Waals surface area contributed by atoms with Gasteiger partial charge < -0.3 is 20.4 Å². The first-order chi connectivity index (χ1) is 22.1. The summed E-state index contributed by atoms with van der Waals surface area (Å²) in [4.78, 5) is 25.4. The molecule has 2 aromatic heterocycles. The van der Waals surface area contributed by atoms with E-state index in [9.17, 15) is 8.42 Å². The van der Waals surface area contributed by atoms with Crippen LogP contribution in [-0.4, -0.2) is 104 Å². The van der Waals surface area contributed by atoms with E-state index in [1.165, 1.54) is 60.9 Å². The molecule has 0 bridgehead atoms. The Morgan fingerprint density at radius 3 is 2.43 bits per heavy atom. The predicted octanol–water partition coefficient (Wildman–Crippen LogP) is 4.73. The van der Waals surface area contributed by atoms with Crippen molar-refractivity contribution in [3.8, 4) is 0 Å². The van der Waals surface area contributed by atoms with E-state index in [1.807, 2.05) is 0 Å². The predicted molar refractivity (Wildman–Crippen MR) is 187 cm³/mol. The lowest BCUT2D eigenvalue weighted by Crippen LogP contribution is -2.52. The van der Waals surface area contributed by atoms with Crippen LogP contribution < -0.4 is 19.8 Å². The van der Waals surface area contributed by atoms with Gasteiger partial charge >= 0.3 is 0 Å². The Hall–Kier alpha value is -3.78. The summed E-state index contributed by atoms with van der Waals surface area (Å²) in [6.07, 6.45) is 9.01. The molecule has 0 atom stereocenters. The number of hydrogen-bond donors (Lipinski definition) is 2. The number of nitrogens with one attached hydrogen (secondary N) is 2. The highest BCUT2D eigenvalue weighted by molar-refractivity contribution is 7.92. The first-order valence-electron chi connectivity index (χ1n) is 15.7. The highest BCUT2D eigenvalue weighted by atomic mass is 35.5. The summed E-state index contributed by atoms with van der Waals surface area (Å²) in [6.45, 7) is 8.95. The maximum atomic E-state index is 12.6. The molecule has 0 amide bonds. The average Bonchev–Trinajstić information content (AvgIpc) is 3.06. The number of anilines is 6. The van der Waals surface area contributed by atoms with Crippen LogP contribution in [0.15, 0.2) is 48.9 Å². The molecule has 4 aromatic rings. The zero-order valence-electron chi connectivity index (χ0n) is 26.7. The number of piperazine rings is 1. The van der Waals surface area contributed by atoms with Crippen molar-refractivity contribution in [3.63, 3.8) is 0 Å². The molecule has 2 aliphatic heterocycles. The van der Waals surface area contributed by atoms with Gasteiger partial charge in [-0.3, -0.25) is 19.2 Å². The summed E-state index contributed by atoms with van der Waals surface area (Å²) in [6, 6.07) is 10.6. The van der Waals surface area contributed by atoms with Crippen molar-refractivity contribution in [3.05, 3.63) is 59.5 Å². The van der Waals surface area contributed by atoms with E-state index in [1.54, 1.807) is 18.3 Å². The number of likely N-dealkylation sites (N-methyl/N-ethyl adjacent to an activating group) is 1. The summed E-state index contributed by atoms with van der Waals surface area (Å²) in [5.41, 5.74) is 5.21. The first kappa shape index (κ1) is 32.2. The lowest BCUT2D eigenvalue weighted by Gasteiger charge is -2.43. The lowest BCUT2D eigenvalue weighted by molar-refractivity contribution is 0.0982. The standard InChI is InChI=1S/C32H41ClN10O2S/c1-5-22-20-23(6-9-28(22)43-14-10-24(11-15-43)42-18-16-40(2)17-19-42)37-32-36-21-25(33)31(39-32)38-27-8-7-26-29(35-13-12-34-26)30(27)41(3)46(4,44)45/h6-9,12-13,20-21,24H,5,10-11,14-19H2,1-4H3,(H2,36,37,38,39). The van der Waals surface area contributed by atoms with Crippen LogP contribution in [0.1, 0.15) is 25.3 Å². The Morgan fingerprint density at radius 1 is 0.978 bits per heavy atom. The molecule has 6 rings (SSSR count). The van der Waals surface area contributed by atoms with Crippen LogP contribution in [0.2, 0.25) is 5.02 Å². The number of aromatic nitrogens is 4. The van der Waals surface area contributed by atoms with Gasteiger partial charge in [0.15, 0.2) is 5.82 Å². The minimum atomic E-state index is -3.61. The van der Waals surface area contributed by atoms with E-state index in [0.717, 1.165) is 44.5 Å². The van der Waals surface area contributed by atoms with Gasteiger partial charge in [0.1, 0.15) is 16.2 Å². The second-order valence-corrected chi connectivity index (χ2v) is 14.4. The number of rotatable bonds is 9. The monoisotopic (exact) mass is 664 g/mol. The van der Waals surface area contributed by atoms with Crippen molar-refractivity contribution in [2.45, 2.75) is 32.2 Å². The average molecular weight is 665 g/mol. The molecule has 2 N–H and O–H groups in total. The van der Waals surface area contributed by atoms with E-state index in [4.69, 9.17) is 11.6 Å². The third-order valence-electron chi connectivity index (χ3n) is 9.00. The zero-order valence-corrected chi connectivity index (χ0v) is 28.3. The van der Waals surface area contributed by atoms with E-state index < -0.39 is 10.0 Å². The number of halogens is 1. The molecule has 2 aliphatic rings. The molecule has 244 valence electrons. The maximum Gasteiger partial charge on any atom is 0.232 e. The number of benzene rings is 2. The fourth-order valence-electron chi connectivity index (χ4n) is 6.29. The van der Waals surface area contributed by atoms with Crippen LogP contribution in [-0.2, 0) is 16.4 Å². The van der Waals surface area contributed by atoms with Crippen molar-refractivity contribution in [2.75, 3.05) is 79.5 Å². The molecule has 0 saturated carbocycles. The quantitative estimate of drug-likeness (QED) is 0.258. The summed E-state index contributed by atoms with van der Waals surface area (Å²) < 4.78 is 26.3. The van der Waals surface area contributed by atoms with E-state index >= 15 is 0 Å². The molecule has 0 aliphatic carbocycles. The highest BCUT2D eigenvalue weighted by Crippen LogP contribution is 2.37. The van der Waals surface area contributed by atoms with Gasteiger partial charge in [0.05, 0.1) is 23.7 Å². The van der Waals surface area contributed by atoms with Crippen molar-refractivity contribution in [2.24, 2.45) is 0 Å². The zero-order chi connectivity index (χ0) is 32.4. The Bertz CT molecular complexity index is 1810. The smallest absolute Gasteiger partial charge is 0.232 e. The number of hydrogen-bond acceptors (Lipinski definition) is 11. The molecule has 0 radical (unpaired) electrons. The van der Waals surface area contributed by atoms with Crippen molar-refractivity contribution in [1.82, 2.24) is 29.7 Å². The molecule has 0 unspecified atom stereocenters. The number of sulfonamides is 1. The van der Waals surface area contributed by atoms with Gasteiger partial charge in [0.2, 0.25) is 16.0 Å². The van der Waals surface area contributed by atoms with Crippen LogP contribution in [0.5, 0.6) is 0 Å². The third kappa shape index (κ3) is 6.97. The molecule has 12 nitrogen and oxygen atoms in total. The molecule has 0 spiro atoms.